The number of sulfonamides is 1. The van der Waals surface area contributed by atoms with Crippen LogP contribution in [-0.2, 0) is 14.8 Å². The number of amides is 1. The summed E-state index contributed by atoms with van der Waals surface area (Å²) in [6.45, 7) is 6.75. The molecular formula is C18H26N4O3S3. The van der Waals surface area contributed by atoms with Crippen molar-refractivity contribution in [3.05, 3.63) is 22.0 Å². The van der Waals surface area contributed by atoms with Gasteiger partial charge >= 0.3 is 0 Å². The van der Waals surface area contributed by atoms with E-state index in [9.17, 15) is 13.2 Å². The van der Waals surface area contributed by atoms with Crippen LogP contribution in [0.2, 0.25) is 0 Å². The number of rotatable bonds is 7. The lowest BCUT2D eigenvalue weighted by atomic mass is 9.99. The highest BCUT2D eigenvalue weighted by atomic mass is 32.2. The first-order chi connectivity index (χ1) is 13.3. The maximum Gasteiger partial charge on any atom is 0.252 e. The van der Waals surface area contributed by atoms with E-state index >= 15 is 0 Å². The van der Waals surface area contributed by atoms with Gasteiger partial charge in [0.2, 0.25) is 11.0 Å². The Kier molecular flexibility index (Phi) is 6.85. The van der Waals surface area contributed by atoms with Crippen LogP contribution < -0.4 is 5.32 Å². The van der Waals surface area contributed by atoms with Gasteiger partial charge in [0.15, 0.2) is 0 Å². The summed E-state index contributed by atoms with van der Waals surface area (Å²) >= 11 is 2.67. The molecule has 3 rings (SSSR count). The Balaban J connectivity index is 1.66. The van der Waals surface area contributed by atoms with Crippen molar-refractivity contribution >= 4 is 43.7 Å². The van der Waals surface area contributed by atoms with Gasteiger partial charge < -0.3 is 5.32 Å². The summed E-state index contributed by atoms with van der Waals surface area (Å²) in [4.78, 5) is 13.7. The first-order valence-corrected chi connectivity index (χ1v) is 12.6. The van der Waals surface area contributed by atoms with Gasteiger partial charge in [0.1, 0.15) is 9.22 Å². The van der Waals surface area contributed by atoms with Gasteiger partial charge in [-0.3, -0.25) is 4.79 Å². The Morgan fingerprint density at radius 3 is 2.68 bits per heavy atom. The van der Waals surface area contributed by atoms with E-state index in [4.69, 9.17) is 0 Å². The molecule has 7 nitrogen and oxygen atoms in total. The number of aromatic nitrogens is 2. The third kappa shape index (κ3) is 4.61. The molecule has 28 heavy (non-hydrogen) atoms. The van der Waals surface area contributed by atoms with Crippen molar-refractivity contribution in [2.75, 3.05) is 18.4 Å². The smallest absolute Gasteiger partial charge is 0.252 e. The quantitative estimate of drug-likeness (QED) is 0.703. The van der Waals surface area contributed by atoms with Crippen LogP contribution in [0.3, 0.4) is 0 Å². The average molecular weight is 443 g/mol. The number of hydrogen-bond donors (Lipinski definition) is 1. The molecule has 1 fully saturated rings. The molecule has 0 aromatic carbocycles. The predicted molar refractivity (Wildman–Crippen MR) is 112 cm³/mol. The monoisotopic (exact) mass is 442 g/mol. The van der Waals surface area contributed by atoms with E-state index in [1.54, 1.807) is 12.1 Å². The number of aryl methyl sites for hydroxylation is 1. The summed E-state index contributed by atoms with van der Waals surface area (Å²) < 4.78 is 27.5. The van der Waals surface area contributed by atoms with Gasteiger partial charge in [-0.2, -0.15) is 4.31 Å². The molecule has 2 aromatic rings. The number of carbonyl (C=O) groups is 1. The van der Waals surface area contributed by atoms with E-state index < -0.39 is 10.0 Å². The van der Waals surface area contributed by atoms with Crippen LogP contribution >= 0.6 is 22.7 Å². The summed E-state index contributed by atoms with van der Waals surface area (Å²) in [6, 6.07) is 3.44. The zero-order valence-corrected chi connectivity index (χ0v) is 18.8. The Morgan fingerprint density at radius 2 is 2.04 bits per heavy atom. The molecule has 0 saturated carbocycles. The number of hydrogen-bond acceptors (Lipinski definition) is 7. The maximum atomic E-state index is 12.9. The average Bonchev–Trinajstić information content (AvgIpc) is 3.32. The molecule has 0 bridgehead atoms. The predicted octanol–water partition coefficient (Wildman–Crippen LogP) is 3.85. The minimum atomic E-state index is -3.55. The van der Waals surface area contributed by atoms with Crippen molar-refractivity contribution < 1.29 is 13.2 Å². The van der Waals surface area contributed by atoms with E-state index in [2.05, 4.69) is 29.4 Å². The fourth-order valence-corrected chi connectivity index (χ4v) is 7.32. The van der Waals surface area contributed by atoms with E-state index in [0.717, 1.165) is 22.7 Å². The van der Waals surface area contributed by atoms with E-state index in [-0.39, 0.29) is 18.4 Å². The highest BCUT2D eigenvalue weighted by molar-refractivity contribution is 7.91. The van der Waals surface area contributed by atoms with Gasteiger partial charge in [-0.1, -0.05) is 25.2 Å². The molecule has 0 spiro atoms. The van der Waals surface area contributed by atoms with Crippen molar-refractivity contribution in [1.82, 2.24) is 14.5 Å². The van der Waals surface area contributed by atoms with Crippen LogP contribution in [0.1, 0.15) is 55.3 Å². The third-order valence-electron chi connectivity index (χ3n) is 5.07. The largest absolute Gasteiger partial charge is 0.300 e. The van der Waals surface area contributed by atoms with Crippen LogP contribution in [0.15, 0.2) is 16.3 Å². The van der Waals surface area contributed by atoms with E-state index in [0.29, 0.717) is 34.6 Å². The summed E-state index contributed by atoms with van der Waals surface area (Å²) in [5.41, 5.74) is 0. The molecule has 1 aliphatic heterocycles. The topological polar surface area (TPSA) is 92.3 Å². The molecule has 1 saturated heterocycles. The second-order valence-electron chi connectivity index (χ2n) is 7.02. The second kappa shape index (κ2) is 8.98. The SMILES string of the molecule is CCC(CC)c1nnc(NC(=O)[C@H]2CCCN(S(=O)(=O)c3ccc(C)s3)C2)s1. The van der Waals surface area contributed by atoms with Crippen LogP contribution in [0, 0.1) is 12.8 Å². The van der Waals surface area contributed by atoms with Gasteiger partial charge in [-0.05, 0) is 44.7 Å². The highest BCUT2D eigenvalue weighted by Crippen LogP contribution is 2.30. The summed E-state index contributed by atoms with van der Waals surface area (Å²) in [5, 5.41) is 12.6. The molecule has 3 heterocycles. The Bertz CT molecular complexity index is 918. The van der Waals surface area contributed by atoms with Crippen molar-refractivity contribution in [2.45, 2.75) is 56.6 Å². The molecule has 0 aliphatic carbocycles. The Hall–Kier alpha value is -1.36. The molecule has 0 unspecified atom stereocenters. The number of nitrogens with one attached hydrogen (secondary N) is 1. The van der Waals surface area contributed by atoms with Gasteiger partial charge in [-0.15, -0.1) is 21.5 Å². The number of carbonyl (C=O) groups excluding carboxylic acids is 1. The van der Waals surface area contributed by atoms with Gasteiger partial charge in [0, 0.05) is 23.9 Å². The van der Waals surface area contributed by atoms with E-state index in [1.807, 2.05) is 6.92 Å². The number of anilines is 1. The van der Waals surface area contributed by atoms with Crippen LogP contribution in [-0.4, -0.2) is 41.9 Å². The van der Waals surface area contributed by atoms with Crippen molar-refractivity contribution in [3.8, 4) is 0 Å². The maximum absolute atomic E-state index is 12.9. The fraction of sp³-hybridized carbons (Fsp3) is 0.611. The number of piperidine rings is 1. The van der Waals surface area contributed by atoms with Gasteiger partial charge in [0.25, 0.3) is 10.0 Å². The number of thiophene rings is 1. The zero-order chi connectivity index (χ0) is 20.3. The standard InChI is InChI=1S/C18H26N4O3S3/c1-4-13(5-2)17-20-21-18(27-17)19-16(23)14-7-6-10-22(11-14)28(24,25)15-9-8-12(3)26-15/h8-9,13-14H,4-7,10-11H2,1-3H3,(H,19,21,23)/t14-/m0/s1. The molecule has 1 aliphatic rings. The first kappa shape index (κ1) is 21.4. The molecule has 1 atom stereocenters. The Morgan fingerprint density at radius 1 is 1.29 bits per heavy atom. The second-order valence-corrected chi connectivity index (χ2v) is 11.5. The lowest BCUT2D eigenvalue weighted by molar-refractivity contribution is -0.120. The molecule has 10 heteroatoms. The Labute approximate surface area is 174 Å². The van der Waals surface area contributed by atoms with Crippen LogP contribution in [0.5, 0.6) is 0 Å². The van der Waals surface area contributed by atoms with Gasteiger partial charge in [0.05, 0.1) is 5.92 Å². The summed E-state index contributed by atoms with van der Waals surface area (Å²) in [6.07, 6.45) is 3.30. The fourth-order valence-electron chi connectivity index (χ4n) is 3.35. The van der Waals surface area contributed by atoms with E-state index in [1.165, 1.54) is 27.0 Å². The molecule has 154 valence electrons. The van der Waals surface area contributed by atoms with Crippen molar-refractivity contribution in [3.63, 3.8) is 0 Å². The van der Waals surface area contributed by atoms with Crippen molar-refractivity contribution in [1.29, 1.82) is 0 Å². The van der Waals surface area contributed by atoms with Gasteiger partial charge in [-0.25, -0.2) is 8.42 Å². The summed E-state index contributed by atoms with van der Waals surface area (Å²) in [7, 11) is -3.55. The third-order valence-corrected chi connectivity index (χ3v) is 9.40. The minimum absolute atomic E-state index is 0.186. The lowest BCUT2D eigenvalue weighted by Crippen LogP contribution is -2.43. The van der Waals surface area contributed by atoms with Crippen LogP contribution in [0.4, 0.5) is 5.13 Å². The molecular weight excluding hydrogens is 416 g/mol. The molecule has 1 N–H and O–H groups in total. The molecule has 2 aromatic heterocycles. The lowest BCUT2D eigenvalue weighted by Gasteiger charge is -2.30. The molecule has 1 amide bonds. The highest BCUT2D eigenvalue weighted by Gasteiger charge is 2.34. The molecule has 0 radical (unpaired) electrons. The first-order valence-electron chi connectivity index (χ1n) is 9.56. The van der Waals surface area contributed by atoms with Crippen molar-refractivity contribution in [2.24, 2.45) is 5.92 Å². The number of nitrogens with zero attached hydrogens (tertiary/aromatic N) is 3. The summed E-state index contributed by atoms with van der Waals surface area (Å²) in [5.74, 6) is -0.215. The van der Waals surface area contributed by atoms with Crippen LogP contribution in [0.25, 0.3) is 0 Å². The normalized spacial score (nSPS) is 18.5. The minimum Gasteiger partial charge on any atom is -0.300 e. The zero-order valence-electron chi connectivity index (χ0n) is 16.3.